The molecule has 0 aromatic carbocycles. The van der Waals surface area contributed by atoms with E-state index in [-0.39, 0.29) is 26.2 Å². The fraction of sp³-hybridized carbons (Fsp3) is 1.00. The van der Waals surface area contributed by atoms with E-state index >= 15 is 0 Å². The van der Waals surface area contributed by atoms with Gasteiger partial charge in [0.2, 0.25) is 10.9 Å². The van der Waals surface area contributed by atoms with Gasteiger partial charge in [0.1, 0.15) is 0 Å². The predicted molar refractivity (Wildman–Crippen MR) is 44.4 cm³/mol. The van der Waals surface area contributed by atoms with Crippen molar-refractivity contribution in [1.29, 1.82) is 0 Å². The minimum Gasteiger partial charge on any atom is -0.292 e. The Balaban J connectivity index is 2.36. The molecule has 1 heterocycles. The van der Waals surface area contributed by atoms with E-state index in [2.05, 4.69) is 0 Å². The molecule has 8 heteroatoms. The lowest BCUT2D eigenvalue weighted by Crippen LogP contribution is -2.48. The maximum atomic E-state index is 11.9. The van der Waals surface area contributed by atoms with Gasteiger partial charge in [-0.25, -0.2) is 12.7 Å². The van der Waals surface area contributed by atoms with E-state index in [1.165, 1.54) is 4.90 Å². The lowest BCUT2D eigenvalue weighted by atomic mass is 10.3. The highest BCUT2D eigenvalue weighted by molar-refractivity contribution is 7.69. The van der Waals surface area contributed by atoms with Crippen molar-refractivity contribution in [2.75, 3.05) is 32.7 Å². The van der Waals surface area contributed by atoms with Gasteiger partial charge in [-0.2, -0.15) is 13.2 Å². The van der Waals surface area contributed by atoms with Crippen LogP contribution in [0.3, 0.4) is 0 Å². The van der Waals surface area contributed by atoms with Gasteiger partial charge in [-0.3, -0.25) is 4.90 Å². The molecule has 0 unspecified atom stereocenters. The van der Waals surface area contributed by atoms with Gasteiger partial charge in [0.05, 0.1) is 6.54 Å². The molecule has 1 aliphatic rings. The normalized spacial score (nSPS) is 21.7. The first-order valence-corrected chi connectivity index (χ1v) is 5.20. The quantitative estimate of drug-likeness (QED) is 0.664. The van der Waals surface area contributed by atoms with Crippen LogP contribution in [0.25, 0.3) is 0 Å². The molecule has 0 atom stereocenters. The molecule has 14 heavy (non-hydrogen) atoms. The third-order valence-electron chi connectivity index (χ3n) is 1.98. The molecule has 0 aromatic heterocycles. The van der Waals surface area contributed by atoms with Crippen LogP contribution in [0.5, 0.6) is 0 Å². The monoisotopic (exact) mass is 232 g/mol. The highest BCUT2D eigenvalue weighted by Crippen LogP contribution is 2.17. The molecule has 1 saturated heterocycles. The van der Waals surface area contributed by atoms with Crippen molar-refractivity contribution in [3.8, 4) is 0 Å². The largest absolute Gasteiger partial charge is 0.401 e. The molecule has 0 N–H and O–H groups in total. The minimum absolute atomic E-state index is 0.142. The zero-order valence-electron chi connectivity index (χ0n) is 7.33. The van der Waals surface area contributed by atoms with E-state index in [1.807, 2.05) is 0 Å². The van der Waals surface area contributed by atoms with Crippen LogP contribution in [0.2, 0.25) is 0 Å². The van der Waals surface area contributed by atoms with Crippen molar-refractivity contribution >= 4 is 10.9 Å². The summed E-state index contributed by atoms with van der Waals surface area (Å²) in [7, 11) is -2.65. The second-order valence-corrected chi connectivity index (χ2v) is 4.12. The number of hydrogen-bond donors (Lipinski definition) is 1. The lowest BCUT2D eigenvalue weighted by molar-refractivity contribution is -0.148. The van der Waals surface area contributed by atoms with E-state index in [0.717, 1.165) is 4.31 Å². The first kappa shape index (κ1) is 11.7. The molecule has 1 fully saturated rings. The summed E-state index contributed by atoms with van der Waals surface area (Å²) in [5, 5.41) is 0. The molecule has 0 amide bonds. The fourth-order valence-electron chi connectivity index (χ4n) is 1.31. The van der Waals surface area contributed by atoms with E-state index in [9.17, 15) is 21.6 Å². The van der Waals surface area contributed by atoms with E-state index in [4.69, 9.17) is 0 Å². The summed E-state index contributed by atoms with van der Waals surface area (Å²) >= 11 is 0. The van der Waals surface area contributed by atoms with Gasteiger partial charge in [0.15, 0.2) is 0 Å². The molecular formula is C6H11F3N2O2S. The summed E-state index contributed by atoms with van der Waals surface area (Å²) in [6, 6.07) is 0. The second-order valence-electron chi connectivity index (χ2n) is 3.08. The Morgan fingerprint density at radius 1 is 1.07 bits per heavy atom. The number of halogens is 3. The van der Waals surface area contributed by atoms with Crippen LogP contribution in [0, 0.1) is 0 Å². The molecular weight excluding hydrogens is 221 g/mol. The fourth-order valence-corrected chi connectivity index (χ4v) is 1.82. The van der Waals surface area contributed by atoms with Crippen LogP contribution in [-0.2, 0) is 10.9 Å². The molecule has 84 valence electrons. The van der Waals surface area contributed by atoms with Crippen molar-refractivity contribution in [1.82, 2.24) is 9.21 Å². The SMILES string of the molecule is O=[SH](=O)N1CCN(CC(F)(F)F)CC1. The third-order valence-corrected chi connectivity index (χ3v) is 2.84. The van der Waals surface area contributed by atoms with Gasteiger partial charge >= 0.3 is 6.18 Å². The Labute approximate surface area is 81.4 Å². The highest BCUT2D eigenvalue weighted by Gasteiger charge is 2.32. The van der Waals surface area contributed by atoms with E-state index in [0.29, 0.717) is 0 Å². The van der Waals surface area contributed by atoms with Gasteiger partial charge in [-0.05, 0) is 0 Å². The Morgan fingerprint density at radius 3 is 1.93 bits per heavy atom. The summed E-state index contributed by atoms with van der Waals surface area (Å²) in [6.45, 7) is -0.383. The average Bonchev–Trinajstić information content (AvgIpc) is 2.02. The Hall–Kier alpha value is -0.340. The molecule has 0 bridgehead atoms. The van der Waals surface area contributed by atoms with Crippen LogP contribution in [0.4, 0.5) is 13.2 Å². The molecule has 0 saturated carbocycles. The summed E-state index contributed by atoms with van der Waals surface area (Å²) in [5.41, 5.74) is 0. The number of piperazine rings is 1. The van der Waals surface area contributed by atoms with Crippen LogP contribution < -0.4 is 0 Å². The third kappa shape index (κ3) is 3.81. The number of thiol groups is 1. The maximum Gasteiger partial charge on any atom is 0.401 e. The summed E-state index contributed by atoms with van der Waals surface area (Å²) in [5.74, 6) is 0. The molecule has 0 radical (unpaired) electrons. The van der Waals surface area contributed by atoms with Crippen LogP contribution in [0.1, 0.15) is 0 Å². The summed E-state index contributed by atoms with van der Waals surface area (Å²) in [6.07, 6.45) is -4.21. The molecule has 1 aliphatic heterocycles. The zero-order chi connectivity index (χ0) is 10.8. The van der Waals surface area contributed by atoms with Crippen molar-refractivity contribution in [2.24, 2.45) is 0 Å². The Bertz CT molecular complexity index is 250. The van der Waals surface area contributed by atoms with Gasteiger partial charge in [0.25, 0.3) is 0 Å². The van der Waals surface area contributed by atoms with Crippen LogP contribution >= 0.6 is 0 Å². The van der Waals surface area contributed by atoms with Crippen molar-refractivity contribution in [2.45, 2.75) is 6.18 Å². The van der Waals surface area contributed by atoms with E-state index in [1.54, 1.807) is 0 Å². The predicted octanol–water partition coefficient (Wildman–Crippen LogP) is -0.307. The number of nitrogens with zero attached hydrogens (tertiary/aromatic N) is 2. The smallest absolute Gasteiger partial charge is 0.292 e. The Morgan fingerprint density at radius 2 is 1.57 bits per heavy atom. The maximum absolute atomic E-state index is 11.9. The first-order chi connectivity index (χ1) is 6.38. The highest BCUT2D eigenvalue weighted by atomic mass is 32.2. The number of alkyl halides is 3. The average molecular weight is 232 g/mol. The second kappa shape index (κ2) is 4.45. The molecule has 4 nitrogen and oxygen atoms in total. The van der Waals surface area contributed by atoms with Crippen LogP contribution in [0.15, 0.2) is 0 Å². The summed E-state index contributed by atoms with van der Waals surface area (Å²) < 4.78 is 57.9. The topological polar surface area (TPSA) is 40.6 Å². The van der Waals surface area contributed by atoms with Crippen molar-refractivity contribution in [3.05, 3.63) is 0 Å². The van der Waals surface area contributed by atoms with Gasteiger partial charge < -0.3 is 0 Å². The molecule has 0 aliphatic carbocycles. The van der Waals surface area contributed by atoms with E-state index < -0.39 is 23.6 Å². The Kier molecular flexibility index (Phi) is 3.73. The zero-order valence-corrected chi connectivity index (χ0v) is 8.22. The molecule has 1 rings (SSSR count). The van der Waals surface area contributed by atoms with Gasteiger partial charge in [-0.1, -0.05) is 0 Å². The standard InChI is InChI=1S/C6H11F3N2O2S/c7-6(8,9)5-10-1-3-11(4-2-10)14(12)13/h14H,1-5H2. The minimum atomic E-state index is -4.21. The number of rotatable bonds is 2. The van der Waals surface area contributed by atoms with Gasteiger partial charge in [0, 0.05) is 26.2 Å². The number of hydrogen-bond acceptors (Lipinski definition) is 3. The van der Waals surface area contributed by atoms with Crippen molar-refractivity contribution in [3.63, 3.8) is 0 Å². The first-order valence-electron chi connectivity index (χ1n) is 4.07. The summed E-state index contributed by atoms with van der Waals surface area (Å²) in [4.78, 5) is 1.20. The van der Waals surface area contributed by atoms with Crippen LogP contribution in [-0.4, -0.2) is 56.5 Å². The molecule has 0 spiro atoms. The van der Waals surface area contributed by atoms with Crippen molar-refractivity contribution < 1.29 is 21.6 Å². The van der Waals surface area contributed by atoms with Gasteiger partial charge in [-0.15, -0.1) is 0 Å². The lowest BCUT2D eigenvalue weighted by Gasteiger charge is -2.31. The molecule has 0 aromatic rings.